The van der Waals surface area contributed by atoms with Crippen LogP contribution in [0.1, 0.15) is 15.9 Å². The summed E-state index contributed by atoms with van der Waals surface area (Å²) in [6, 6.07) is 17.5. The molecule has 29 heavy (non-hydrogen) atoms. The van der Waals surface area contributed by atoms with E-state index in [1.54, 1.807) is 54.8 Å². The second kappa shape index (κ2) is 8.54. The highest BCUT2D eigenvalue weighted by Gasteiger charge is 2.26. The number of para-hydroxylation sites is 3. The molecule has 0 radical (unpaired) electrons. The van der Waals surface area contributed by atoms with E-state index in [0.29, 0.717) is 17.1 Å². The fourth-order valence-electron chi connectivity index (χ4n) is 2.96. The monoisotopic (exact) mass is 406 g/mol. The molecule has 2 aromatic carbocycles. The number of nitrogens with zero attached hydrogens (tertiary/aromatic N) is 2. The number of ether oxygens (including phenoxy) is 1. The largest absolute Gasteiger partial charge is 0.495 e. The molecule has 0 unspecified atom stereocenters. The van der Waals surface area contributed by atoms with E-state index >= 15 is 0 Å². The smallest absolute Gasteiger partial charge is 0.275 e. The lowest BCUT2D eigenvalue weighted by Gasteiger charge is -2.19. The average molecular weight is 406 g/mol. The predicted octanol–water partition coefficient (Wildman–Crippen LogP) is 3.27. The molecule has 0 saturated heterocycles. The molecule has 0 bridgehead atoms. The maximum Gasteiger partial charge on any atom is 0.275 e. The Kier molecular flexibility index (Phi) is 5.90. The number of hydrogen-bond acceptors (Lipinski definition) is 6. The van der Waals surface area contributed by atoms with Crippen LogP contribution in [0.2, 0.25) is 0 Å². The fourth-order valence-corrected chi connectivity index (χ4v) is 3.70. The van der Waals surface area contributed by atoms with Crippen molar-refractivity contribution in [3.05, 3.63) is 76.1 Å². The zero-order chi connectivity index (χ0) is 21.0. The molecule has 0 spiro atoms. The van der Waals surface area contributed by atoms with Gasteiger partial charge in [-0.15, -0.1) is 11.8 Å². The third-order valence-electron chi connectivity index (χ3n) is 4.27. The molecule has 3 rings (SSSR count). The molecule has 8 heteroatoms. The summed E-state index contributed by atoms with van der Waals surface area (Å²) in [6.45, 7) is 0. The first-order valence-electron chi connectivity index (χ1n) is 8.55. The van der Waals surface area contributed by atoms with Gasteiger partial charge in [0.05, 0.1) is 18.4 Å². The molecule has 1 heterocycles. The van der Waals surface area contributed by atoms with Crippen molar-refractivity contribution in [3.8, 4) is 17.5 Å². The molecule has 1 aromatic heterocycles. The third-order valence-corrected chi connectivity index (χ3v) is 5.09. The Bertz CT molecular complexity index is 1170. The summed E-state index contributed by atoms with van der Waals surface area (Å²) >= 11 is 1.12. The van der Waals surface area contributed by atoms with E-state index < -0.39 is 11.5 Å². The summed E-state index contributed by atoms with van der Waals surface area (Å²) < 4.78 is 6.47. The number of methoxy groups -OCH3 is 1. The van der Waals surface area contributed by atoms with E-state index in [-0.39, 0.29) is 21.8 Å². The minimum atomic E-state index is -0.616. The van der Waals surface area contributed by atoms with Crippen LogP contribution in [0.5, 0.6) is 5.75 Å². The maximum absolute atomic E-state index is 13.1. The molecule has 0 aliphatic heterocycles. The molecule has 0 saturated carbocycles. The van der Waals surface area contributed by atoms with Crippen LogP contribution in [0.15, 0.2) is 64.3 Å². The summed E-state index contributed by atoms with van der Waals surface area (Å²) in [5, 5.41) is 12.4. The van der Waals surface area contributed by atoms with Crippen LogP contribution >= 0.6 is 11.8 Å². The molecule has 3 aromatic rings. The van der Waals surface area contributed by atoms with Gasteiger partial charge in [0.25, 0.3) is 11.5 Å². The zero-order valence-electron chi connectivity index (χ0n) is 15.8. The number of hydrogen-bond donors (Lipinski definition) is 2. The number of benzene rings is 2. The van der Waals surface area contributed by atoms with Crippen LogP contribution in [-0.2, 0) is 0 Å². The van der Waals surface area contributed by atoms with Crippen molar-refractivity contribution in [2.24, 2.45) is 0 Å². The number of nitrogens with two attached hydrogens (primary N) is 1. The molecule has 0 aliphatic rings. The summed E-state index contributed by atoms with van der Waals surface area (Å²) in [5.74, 6) is -0.203. The van der Waals surface area contributed by atoms with Gasteiger partial charge in [0.15, 0.2) is 0 Å². The van der Waals surface area contributed by atoms with Gasteiger partial charge in [0, 0.05) is 10.6 Å². The number of nitrogens with one attached hydrogen (secondary N) is 1. The number of nitriles is 1. The summed E-state index contributed by atoms with van der Waals surface area (Å²) in [4.78, 5) is 26.4. The van der Waals surface area contributed by atoms with Gasteiger partial charge in [0.1, 0.15) is 23.2 Å². The minimum absolute atomic E-state index is 0.0587. The Balaban J connectivity index is 2.30. The lowest BCUT2D eigenvalue weighted by molar-refractivity contribution is 0.102. The van der Waals surface area contributed by atoms with Gasteiger partial charge < -0.3 is 15.8 Å². The van der Waals surface area contributed by atoms with E-state index in [1.165, 1.54) is 7.11 Å². The fraction of sp³-hybridized carbons (Fsp3) is 0.0952. The van der Waals surface area contributed by atoms with Gasteiger partial charge in [-0.2, -0.15) is 5.26 Å². The van der Waals surface area contributed by atoms with Crippen molar-refractivity contribution in [1.82, 2.24) is 4.57 Å². The Morgan fingerprint density at radius 2 is 1.83 bits per heavy atom. The van der Waals surface area contributed by atoms with Gasteiger partial charge in [-0.1, -0.05) is 30.3 Å². The minimum Gasteiger partial charge on any atom is -0.495 e. The number of pyridine rings is 1. The van der Waals surface area contributed by atoms with Crippen molar-refractivity contribution in [1.29, 1.82) is 5.26 Å². The molecular formula is C21H18N4O3S. The Hall–Kier alpha value is -3.70. The molecular weight excluding hydrogens is 388 g/mol. The quantitative estimate of drug-likeness (QED) is 0.629. The summed E-state index contributed by atoms with van der Waals surface area (Å²) in [5.41, 5.74) is 6.51. The average Bonchev–Trinajstić information content (AvgIpc) is 2.74. The highest BCUT2D eigenvalue weighted by atomic mass is 32.2. The highest BCUT2D eigenvalue weighted by Crippen LogP contribution is 2.31. The first-order valence-corrected chi connectivity index (χ1v) is 9.78. The van der Waals surface area contributed by atoms with E-state index in [9.17, 15) is 14.9 Å². The number of rotatable bonds is 5. The Labute approximate surface area is 171 Å². The second-order valence-electron chi connectivity index (χ2n) is 5.91. The van der Waals surface area contributed by atoms with E-state index in [2.05, 4.69) is 5.32 Å². The summed E-state index contributed by atoms with van der Waals surface area (Å²) in [7, 11) is 1.46. The Morgan fingerprint density at radius 3 is 2.45 bits per heavy atom. The number of nitrogen functional groups attached to an aromatic ring is 1. The molecule has 0 atom stereocenters. The van der Waals surface area contributed by atoms with E-state index in [1.807, 2.05) is 12.1 Å². The molecule has 0 aliphatic carbocycles. The SMILES string of the molecule is COc1ccccc1-n1c(N)c(C(=O)Nc2ccccc2)c(SC)c(C#N)c1=O. The third kappa shape index (κ3) is 3.68. The highest BCUT2D eigenvalue weighted by molar-refractivity contribution is 7.98. The number of anilines is 2. The van der Waals surface area contributed by atoms with Gasteiger partial charge >= 0.3 is 0 Å². The van der Waals surface area contributed by atoms with Gasteiger partial charge in [-0.3, -0.25) is 14.2 Å². The van der Waals surface area contributed by atoms with E-state index in [4.69, 9.17) is 10.5 Å². The van der Waals surface area contributed by atoms with Crippen molar-refractivity contribution in [2.75, 3.05) is 24.4 Å². The zero-order valence-corrected chi connectivity index (χ0v) is 16.6. The lowest BCUT2D eigenvalue weighted by atomic mass is 10.1. The first kappa shape index (κ1) is 20.0. The van der Waals surface area contributed by atoms with Crippen LogP contribution in [0.4, 0.5) is 11.5 Å². The normalized spacial score (nSPS) is 10.2. The van der Waals surface area contributed by atoms with Gasteiger partial charge in [-0.05, 0) is 30.5 Å². The number of thioether (sulfide) groups is 1. The number of aromatic nitrogens is 1. The van der Waals surface area contributed by atoms with Crippen molar-refractivity contribution in [3.63, 3.8) is 0 Å². The topological polar surface area (TPSA) is 110 Å². The van der Waals surface area contributed by atoms with Crippen LogP contribution in [0, 0.1) is 11.3 Å². The van der Waals surface area contributed by atoms with E-state index in [0.717, 1.165) is 16.3 Å². The summed E-state index contributed by atoms with van der Waals surface area (Å²) in [6.07, 6.45) is 1.68. The first-order chi connectivity index (χ1) is 14.0. The lowest BCUT2D eigenvalue weighted by Crippen LogP contribution is -2.29. The van der Waals surface area contributed by atoms with Gasteiger partial charge in [-0.25, -0.2) is 0 Å². The van der Waals surface area contributed by atoms with Crippen molar-refractivity contribution < 1.29 is 9.53 Å². The van der Waals surface area contributed by atoms with Crippen molar-refractivity contribution >= 4 is 29.2 Å². The molecule has 0 fully saturated rings. The van der Waals surface area contributed by atoms with Crippen LogP contribution in [-0.4, -0.2) is 23.8 Å². The maximum atomic E-state index is 13.1. The van der Waals surface area contributed by atoms with Crippen LogP contribution < -0.4 is 21.3 Å². The molecule has 146 valence electrons. The predicted molar refractivity (Wildman–Crippen MR) is 114 cm³/mol. The van der Waals surface area contributed by atoms with Crippen LogP contribution in [0.3, 0.4) is 0 Å². The molecule has 3 N–H and O–H groups in total. The van der Waals surface area contributed by atoms with Crippen LogP contribution in [0.25, 0.3) is 5.69 Å². The number of carbonyl (C=O) groups excluding carboxylic acids is 1. The number of carbonyl (C=O) groups is 1. The second-order valence-corrected chi connectivity index (χ2v) is 6.73. The molecule has 7 nitrogen and oxygen atoms in total. The Morgan fingerprint density at radius 1 is 1.17 bits per heavy atom. The number of amides is 1. The van der Waals surface area contributed by atoms with Crippen molar-refractivity contribution in [2.45, 2.75) is 4.90 Å². The van der Waals surface area contributed by atoms with Gasteiger partial charge in [0.2, 0.25) is 0 Å². The standard InChI is InChI=1S/C21H18N4O3S/c1-28-16-11-7-6-10-15(16)25-19(23)17(18(29-2)14(12-22)21(25)27)20(26)24-13-8-4-3-5-9-13/h3-11H,23H2,1-2H3,(H,24,26). The molecule has 1 amide bonds.